The Kier molecular flexibility index (Phi) is 1.71. The summed E-state index contributed by atoms with van der Waals surface area (Å²) in [5.74, 6) is 0. The average molecular weight is 213 g/mol. The van der Waals surface area contributed by atoms with Crippen LogP contribution in [0.15, 0.2) is 50.5 Å². The number of benzene rings is 2. The lowest BCUT2D eigenvalue weighted by Gasteiger charge is -2.00. The molecule has 78 valence electrons. The maximum Gasteiger partial charge on any atom is 0.325 e. The molecule has 4 heteroatoms. The molecule has 2 aromatic carbocycles. The maximum absolute atomic E-state index is 11.7. The number of H-pyrrole nitrogens is 1. The van der Waals surface area contributed by atoms with Crippen LogP contribution in [0.4, 0.5) is 0 Å². The first-order chi connectivity index (χ1) is 7.77. The molecule has 0 spiro atoms. The Balaban J connectivity index is 2.74. The Morgan fingerprint density at radius 3 is 2.69 bits per heavy atom. The molecule has 3 rings (SSSR count). The van der Waals surface area contributed by atoms with Gasteiger partial charge in [-0.15, -0.1) is 0 Å². The van der Waals surface area contributed by atoms with Crippen LogP contribution in [0.5, 0.6) is 0 Å². The van der Waals surface area contributed by atoms with Gasteiger partial charge in [0.2, 0.25) is 0 Å². The molecule has 0 saturated heterocycles. The van der Waals surface area contributed by atoms with Gasteiger partial charge >= 0.3 is 5.56 Å². The monoisotopic (exact) mass is 213 g/mol. The van der Waals surface area contributed by atoms with E-state index in [4.69, 9.17) is 4.52 Å². The molecule has 0 aliphatic rings. The van der Waals surface area contributed by atoms with E-state index in [9.17, 15) is 9.59 Å². The molecular weight excluding hydrogens is 206 g/mol. The van der Waals surface area contributed by atoms with Gasteiger partial charge in [0.25, 0.3) is 5.43 Å². The summed E-state index contributed by atoms with van der Waals surface area (Å²) < 4.78 is 4.99. The second kappa shape index (κ2) is 3.06. The average Bonchev–Trinajstić information content (AvgIpc) is 2.33. The highest BCUT2D eigenvalue weighted by Crippen LogP contribution is 2.20. The summed E-state index contributed by atoms with van der Waals surface area (Å²) >= 11 is 0. The molecule has 0 radical (unpaired) electrons. The van der Waals surface area contributed by atoms with Gasteiger partial charge in [-0.05, 0) is 16.8 Å². The van der Waals surface area contributed by atoms with Gasteiger partial charge in [-0.25, -0.2) is 0 Å². The molecule has 0 saturated carbocycles. The van der Waals surface area contributed by atoms with Gasteiger partial charge in [-0.2, -0.15) is 5.16 Å². The van der Waals surface area contributed by atoms with Crippen LogP contribution < -0.4 is 11.0 Å². The molecule has 3 aromatic rings. The zero-order valence-electron chi connectivity index (χ0n) is 8.19. The third kappa shape index (κ3) is 1.10. The lowest BCUT2D eigenvalue weighted by atomic mass is 10.1. The molecule has 4 nitrogen and oxygen atoms in total. The van der Waals surface area contributed by atoms with Gasteiger partial charge in [-0.3, -0.25) is 9.59 Å². The molecule has 0 fully saturated rings. The molecule has 16 heavy (non-hydrogen) atoms. The number of aromatic nitrogens is 1. The van der Waals surface area contributed by atoms with Crippen molar-refractivity contribution >= 4 is 21.7 Å². The van der Waals surface area contributed by atoms with Crippen LogP contribution in [0.1, 0.15) is 0 Å². The van der Waals surface area contributed by atoms with Crippen molar-refractivity contribution in [1.82, 2.24) is 5.16 Å². The highest BCUT2D eigenvalue weighted by atomic mass is 16.5. The molecule has 0 bridgehead atoms. The first-order valence-corrected chi connectivity index (χ1v) is 4.80. The van der Waals surface area contributed by atoms with Crippen molar-refractivity contribution in [2.75, 3.05) is 0 Å². The van der Waals surface area contributed by atoms with Crippen LogP contribution in [-0.4, -0.2) is 5.16 Å². The van der Waals surface area contributed by atoms with Crippen LogP contribution in [0.25, 0.3) is 21.7 Å². The first-order valence-electron chi connectivity index (χ1n) is 4.80. The van der Waals surface area contributed by atoms with Crippen molar-refractivity contribution in [1.29, 1.82) is 0 Å². The summed E-state index contributed by atoms with van der Waals surface area (Å²) in [6.45, 7) is 0. The summed E-state index contributed by atoms with van der Waals surface area (Å²) in [6.07, 6.45) is 0. The third-order valence-corrected chi connectivity index (χ3v) is 2.58. The van der Waals surface area contributed by atoms with E-state index in [0.29, 0.717) is 11.0 Å². The summed E-state index contributed by atoms with van der Waals surface area (Å²) in [7, 11) is 0. The van der Waals surface area contributed by atoms with Gasteiger partial charge in [0.05, 0.1) is 5.39 Å². The number of aromatic amines is 1. The van der Waals surface area contributed by atoms with Crippen molar-refractivity contribution in [3.8, 4) is 0 Å². The quantitative estimate of drug-likeness (QED) is 0.456. The van der Waals surface area contributed by atoms with E-state index in [2.05, 4.69) is 5.16 Å². The van der Waals surface area contributed by atoms with Crippen LogP contribution in [0.2, 0.25) is 0 Å². The summed E-state index contributed by atoms with van der Waals surface area (Å²) in [6, 6.07) is 10.9. The van der Waals surface area contributed by atoms with Crippen molar-refractivity contribution in [2.24, 2.45) is 0 Å². The minimum absolute atomic E-state index is 0.335. The number of fused-ring (bicyclic) bond motifs is 3. The zero-order valence-corrected chi connectivity index (χ0v) is 8.19. The highest BCUT2D eigenvalue weighted by molar-refractivity contribution is 6.04. The lowest BCUT2D eigenvalue weighted by Crippen LogP contribution is -2.26. The molecule has 0 aliphatic heterocycles. The second-order valence-electron chi connectivity index (χ2n) is 3.52. The molecule has 0 atom stereocenters. The van der Waals surface area contributed by atoms with E-state index in [0.717, 1.165) is 10.8 Å². The Morgan fingerprint density at radius 2 is 1.81 bits per heavy atom. The fourth-order valence-corrected chi connectivity index (χ4v) is 1.83. The van der Waals surface area contributed by atoms with Crippen LogP contribution in [-0.2, 0) is 0 Å². The lowest BCUT2D eigenvalue weighted by molar-refractivity contribution is 0.430. The standard InChI is InChI=1S/C12H7NO3/c14-11-10-8-4-2-1-3-7(8)5-6-9(10)16-13-12(11)15/h1-6H,(H,13,15). The molecule has 0 amide bonds. The molecule has 1 aromatic heterocycles. The summed E-state index contributed by atoms with van der Waals surface area (Å²) in [4.78, 5) is 23.0. The SMILES string of the molecule is O=c1[nH]oc2ccc3ccccc3c2c1=O. The zero-order chi connectivity index (χ0) is 11.1. The smallest absolute Gasteiger partial charge is 0.325 e. The van der Waals surface area contributed by atoms with Crippen molar-refractivity contribution in [3.63, 3.8) is 0 Å². The predicted octanol–water partition coefficient (Wildman–Crippen LogP) is 1.63. The van der Waals surface area contributed by atoms with Gasteiger partial charge in [0, 0.05) is 0 Å². The van der Waals surface area contributed by atoms with E-state index in [1.54, 1.807) is 12.1 Å². The normalized spacial score (nSPS) is 11.0. The molecule has 0 unspecified atom stereocenters. The molecule has 1 heterocycles. The van der Waals surface area contributed by atoms with Crippen LogP contribution in [0.3, 0.4) is 0 Å². The van der Waals surface area contributed by atoms with Crippen molar-refractivity contribution < 1.29 is 4.52 Å². The maximum atomic E-state index is 11.7. The van der Waals surface area contributed by atoms with E-state index in [-0.39, 0.29) is 0 Å². The van der Waals surface area contributed by atoms with Gasteiger partial charge in [0.15, 0.2) is 5.58 Å². The van der Waals surface area contributed by atoms with Gasteiger partial charge in [0.1, 0.15) is 0 Å². The largest absolute Gasteiger partial charge is 0.378 e. The molecule has 0 aliphatic carbocycles. The Morgan fingerprint density at radius 1 is 1.00 bits per heavy atom. The number of nitrogens with one attached hydrogen (secondary N) is 1. The Labute approximate surface area is 89.1 Å². The summed E-state index contributed by atoms with van der Waals surface area (Å²) in [5, 5.41) is 4.05. The third-order valence-electron chi connectivity index (χ3n) is 2.58. The minimum Gasteiger partial charge on any atom is -0.378 e. The Bertz CT molecular complexity index is 798. The first kappa shape index (κ1) is 8.91. The van der Waals surface area contributed by atoms with Crippen LogP contribution >= 0.6 is 0 Å². The molecule has 1 N–H and O–H groups in total. The Hall–Kier alpha value is -2.36. The van der Waals surface area contributed by atoms with Gasteiger partial charge in [-0.1, -0.05) is 30.3 Å². The highest BCUT2D eigenvalue weighted by Gasteiger charge is 2.08. The van der Waals surface area contributed by atoms with E-state index < -0.39 is 11.0 Å². The minimum atomic E-state index is -0.733. The fourth-order valence-electron chi connectivity index (χ4n) is 1.83. The second-order valence-corrected chi connectivity index (χ2v) is 3.52. The number of rotatable bonds is 0. The number of hydrogen-bond donors (Lipinski definition) is 1. The topological polar surface area (TPSA) is 63.1 Å². The van der Waals surface area contributed by atoms with E-state index in [1.165, 1.54) is 0 Å². The van der Waals surface area contributed by atoms with Gasteiger partial charge < -0.3 is 4.52 Å². The van der Waals surface area contributed by atoms with E-state index in [1.807, 2.05) is 24.3 Å². The van der Waals surface area contributed by atoms with Crippen molar-refractivity contribution in [3.05, 3.63) is 57.0 Å². The van der Waals surface area contributed by atoms with Crippen LogP contribution in [0, 0.1) is 0 Å². The van der Waals surface area contributed by atoms with E-state index >= 15 is 0 Å². The predicted molar refractivity (Wildman–Crippen MR) is 60.6 cm³/mol. The molecular formula is C12H7NO3. The number of hydrogen-bond acceptors (Lipinski definition) is 3. The van der Waals surface area contributed by atoms with Crippen molar-refractivity contribution in [2.45, 2.75) is 0 Å². The fraction of sp³-hybridized carbons (Fsp3) is 0. The summed E-state index contributed by atoms with van der Waals surface area (Å²) in [5.41, 5.74) is -0.898.